The first-order valence-electron chi connectivity index (χ1n) is 6.21. The molecule has 0 aliphatic carbocycles. The minimum absolute atomic E-state index is 0.318. The van der Waals surface area contributed by atoms with Gasteiger partial charge in [-0.25, -0.2) is 0 Å². The summed E-state index contributed by atoms with van der Waals surface area (Å²) < 4.78 is 5.75. The van der Waals surface area contributed by atoms with Crippen LogP contribution in [0.5, 0.6) is 0 Å². The van der Waals surface area contributed by atoms with Crippen LogP contribution in [0.25, 0.3) is 0 Å². The minimum Gasteiger partial charge on any atom is -0.377 e. The minimum atomic E-state index is 0.318. The van der Waals surface area contributed by atoms with Gasteiger partial charge in [-0.2, -0.15) is 0 Å². The molecular formula is C13H27NO. The van der Waals surface area contributed by atoms with Gasteiger partial charge in [0.25, 0.3) is 0 Å². The van der Waals surface area contributed by atoms with Gasteiger partial charge in [0.15, 0.2) is 0 Å². The van der Waals surface area contributed by atoms with E-state index in [4.69, 9.17) is 4.74 Å². The van der Waals surface area contributed by atoms with E-state index in [1.165, 1.54) is 5.57 Å². The monoisotopic (exact) mass is 213 g/mol. The zero-order valence-corrected chi connectivity index (χ0v) is 10.8. The molecule has 2 heteroatoms. The second kappa shape index (κ2) is 8.93. The second-order valence-corrected chi connectivity index (χ2v) is 3.87. The van der Waals surface area contributed by atoms with E-state index in [1.807, 2.05) is 0 Å². The highest BCUT2D eigenvalue weighted by atomic mass is 16.5. The summed E-state index contributed by atoms with van der Waals surface area (Å²) in [6.07, 6.45) is 3.47. The van der Waals surface area contributed by atoms with Gasteiger partial charge in [-0.05, 0) is 32.7 Å². The van der Waals surface area contributed by atoms with Crippen molar-refractivity contribution in [2.45, 2.75) is 59.1 Å². The van der Waals surface area contributed by atoms with Crippen molar-refractivity contribution in [2.24, 2.45) is 0 Å². The van der Waals surface area contributed by atoms with Crippen LogP contribution in [-0.2, 0) is 4.74 Å². The van der Waals surface area contributed by atoms with Gasteiger partial charge in [-0.15, -0.1) is 0 Å². The van der Waals surface area contributed by atoms with Crippen LogP contribution < -0.4 is 5.32 Å². The summed E-state index contributed by atoms with van der Waals surface area (Å²) in [6, 6.07) is 0.424. The average molecular weight is 213 g/mol. The Kier molecular flexibility index (Phi) is 8.73. The molecule has 0 rings (SSSR count). The lowest BCUT2D eigenvalue weighted by molar-refractivity contribution is 0.0322. The first-order valence-corrected chi connectivity index (χ1v) is 6.21. The van der Waals surface area contributed by atoms with Crippen molar-refractivity contribution < 1.29 is 4.74 Å². The van der Waals surface area contributed by atoms with Crippen LogP contribution >= 0.6 is 0 Å². The lowest BCUT2D eigenvalue weighted by atomic mass is 9.99. The second-order valence-electron chi connectivity index (χ2n) is 3.87. The zero-order valence-electron chi connectivity index (χ0n) is 10.8. The van der Waals surface area contributed by atoms with Gasteiger partial charge in [0, 0.05) is 12.6 Å². The van der Waals surface area contributed by atoms with Gasteiger partial charge in [-0.1, -0.05) is 32.9 Å². The summed E-state index contributed by atoms with van der Waals surface area (Å²) in [5, 5.41) is 3.50. The lowest BCUT2D eigenvalue weighted by Gasteiger charge is -2.27. The van der Waals surface area contributed by atoms with Gasteiger partial charge < -0.3 is 10.1 Å². The van der Waals surface area contributed by atoms with Crippen molar-refractivity contribution in [3.05, 3.63) is 12.2 Å². The third-order valence-corrected chi connectivity index (χ3v) is 2.71. The van der Waals surface area contributed by atoms with E-state index < -0.39 is 0 Å². The van der Waals surface area contributed by atoms with Crippen molar-refractivity contribution in [3.63, 3.8) is 0 Å². The summed E-state index contributed by atoms with van der Waals surface area (Å²) in [6.45, 7) is 14.4. The van der Waals surface area contributed by atoms with Crippen LogP contribution in [0, 0.1) is 0 Å². The molecule has 0 aliphatic rings. The summed E-state index contributed by atoms with van der Waals surface area (Å²) in [7, 11) is 0. The largest absolute Gasteiger partial charge is 0.377 e. The van der Waals surface area contributed by atoms with E-state index in [9.17, 15) is 0 Å². The zero-order chi connectivity index (χ0) is 11.7. The van der Waals surface area contributed by atoms with Crippen LogP contribution in [0.2, 0.25) is 0 Å². The average Bonchev–Trinajstić information content (AvgIpc) is 2.25. The van der Waals surface area contributed by atoms with E-state index in [2.05, 4.69) is 39.6 Å². The molecule has 0 fully saturated rings. The van der Waals surface area contributed by atoms with Gasteiger partial charge in [0.05, 0.1) is 6.10 Å². The highest BCUT2D eigenvalue weighted by Gasteiger charge is 2.19. The summed E-state index contributed by atoms with van der Waals surface area (Å²) in [5.41, 5.74) is 1.30. The first kappa shape index (κ1) is 14.7. The maximum Gasteiger partial charge on any atom is 0.0728 e. The maximum absolute atomic E-state index is 5.75. The van der Waals surface area contributed by atoms with Crippen LogP contribution in [0.15, 0.2) is 12.2 Å². The Labute approximate surface area is 95.1 Å². The van der Waals surface area contributed by atoms with Crippen molar-refractivity contribution >= 4 is 0 Å². The third-order valence-electron chi connectivity index (χ3n) is 2.71. The molecule has 90 valence electrons. The number of rotatable bonds is 9. The molecule has 0 saturated carbocycles. The number of nitrogens with one attached hydrogen (secondary N) is 1. The highest BCUT2D eigenvalue weighted by molar-refractivity contribution is 4.98. The Hall–Kier alpha value is -0.340. The highest BCUT2D eigenvalue weighted by Crippen LogP contribution is 2.14. The SMILES string of the molecule is C=C(CC)CC(NCC)C(CC)OCC. The van der Waals surface area contributed by atoms with E-state index in [-0.39, 0.29) is 0 Å². The van der Waals surface area contributed by atoms with Crippen LogP contribution in [0.4, 0.5) is 0 Å². The van der Waals surface area contributed by atoms with E-state index >= 15 is 0 Å². The van der Waals surface area contributed by atoms with Gasteiger partial charge in [-0.3, -0.25) is 0 Å². The normalized spacial score (nSPS) is 14.9. The van der Waals surface area contributed by atoms with Crippen LogP contribution in [0.3, 0.4) is 0 Å². The summed E-state index contributed by atoms with van der Waals surface area (Å²) in [5.74, 6) is 0. The van der Waals surface area contributed by atoms with Crippen molar-refractivity contribution in [1.29, 1.82) is 0 Å². The lowest BCUT2D eigenvalue weighted by Crippen LogP contribution is -2.41. The van der Waals surface area contributed by atoms with Crippen LogP contribution in [0.1, 0.15) is 47.0 Å². The van der Waals surface area contributed by atoms with Crippen molar-refractivity contribution in [1.82, 2.24) is 5.32 Å². The molecule has 0 bridgehead atoms. The predicted molar refractivity (Wildman–Crippen MR) is 67.2 cm³/mol. The van der Waals surface area contributed by atoms with Crippen LogP contribution in [-0.4, -0.2) is 25.3 Å². The summed E-state index contributed by atoms with van der Waals surface area (Å²) in [4.78, 5) is 0. The summed E-state index contributed by atoms with van der Waals surface area (Å²) >= 11 is 0. The van der Waals surface area contributed by atoms with E-state index in [0.717, 1.165) is 32.4 Å². The topological polar surface area (TPSA) is 21.3 Å². The quantitative estimate of drug-likeness (QED) is 0.594. The molecule has 0 aromatic heterocycles. The smallest absolute Gasteiger partial charge is 0.0728 e. The fourth-order valence-electron chi connectivity index (χ4n) is 1.79. The number of hydrogen-bond donors (Lipinski definition) is 1. The molecular weight excluding hydrogens is 186 g/mol. The number of hydrogen-bond acceptors (Lipinski definition) is 2. The Bertz CT molecular complexity index is 168. The Morgan fingerprint density at radius 3 is 2.33 bits per heavy atom. The van der Waals surface area contributed by atoms with E-state index in [0.29, 0.717) is 12.1 Å². The maximum atomic E-state index is 5.75. The molecule has 0 aromatic carbocycles. The van der Waals surface area contributed by atoms with Crippen molar-refractivity contribution in [2.75, 3.05) is 13.2 Å². The number of ether oxygens (including phenoxy) is 1. The molecule has 0 spiro atoms. The first-order chi connectivity index (χ1) is 7.19. The Morgan fingerprint density at radius 2 is 1.93 bits per heavy atom. The van der Waals surface area contributed by atoms with Gasteiger partial charge in [0.1, 0.15) is 0 Å². The molecule has 0 heterocycles. The van der Waals surface area contributed by atoms with E-state index in [1.54, 1.807) is 0 Å². The fraction of sp³-hybridized carbons (Fsp3) is 0.846. The molecule has 0 saturated heterocycles. The Morgan fingerprint density at radius 1 is 1.27 bits per heavy atom. The third kappa shape index (κ3) is 5.95. The molecule has 0 radical (unpaired) electrons. The number of likely N-dealkylation sites (N-methyl/N-ethyl adjacent to an activating group) is 1. The molecule has 2 unspecified atom stereocenters. The molecule has 0 aromatic rings. The fourth-order valence-corrected chi connectivity index (χ4v) is 1.79. The molecule has 2 atom stereocenters. The molecule has 15 heavy (non-hydrogen) atoms. The molecule has 2 nitrogen and oxygen atoms in total. The van der Waals surface area contributed by atoms with Gasteiger partial charge in [0.2, 0.25) is 0 Å². The molecule has 0 amide bonds. The standard InChI is InChI=1S/C13H27NO/c1-6-11(5)10-12(14-8-3)13(7-2)15-9-4/h12-14H,5-10H2,1-4H3. The molecule has 1 N–H and O–H groups in total. The molecule has 0 aliphatic heterocycles. The Balaban J connectivity index is 4.25. The van der Waals surface area contributed by atoms with Gasteiger partial charge >= 0.3 is 0 Å². The van der Waals surface area contributed by atoms with Crippen molar-refractivity contribution in [3.8, 4) is 0 Å². The predicted octanol–water partition coefficient (Wildman–Crippen LogP) is 3.14.